The van der Waals surface area contributed by atoms with E-state index in [1.807, 2.05) is 0 Å². The zero-order valence-electron chi connectivity index (χ0n) is 12.0. The van der Waals surface area contributed by atoms with Crippen LogP contribution in [0.2, 0.25) is 0 Å². The number of aliphatic hydroxyl groups excluding tert-OH is 1. The van der Waals surface area contributed by atoms with Gasteiger partial charge in [-0.25, -0.2) is 9.78 Å². The van der Waals surface area contributed by atoms with Crippen LogP contribution in [0.3, 0.4) is 0 Å². The van der Waals surface area contributed by atoms with Gasteiger partial charge in [-0.2, -0.15) is 0 Å². The number of hydrogen-bond donors (Lipinski definition) is 2. The molecule has 2 heterocycles. The van der Waals surface area contributed by atoms with Crippen molar-refractivity contribution in [3.63, 3.8) is 0 Å². The number of pyridine rings is 1. The van der Waals surface area contributed by atoms with Gasteiger partial charge in [-0.1, -0.05) is 6.07 Å². The van der Waals surface area contributed by atoms with E-state index in [1.54, 1.807) is 36.7 Å². The third kappa shape index (κ3) is 2.77. The minimum atomic E-state index is -1.12. The highest BCUT2D eigenvalue weighted by Gasteiger charge is 2.14. The van der Waals surface area contributed by atoms with Gasteiger partial charge in [0, 0.05) is 24.1 Å². The number of imidazole rings is 1. The van der Waals surface area contributed by atoms with Crippen molar-refractivity contribution in [1.29, 1.82) is 0 Å². The fourth-order valence-corrected chi connectivity index (χ4v) is 2.29. The van der Waals surface area contributed by atoms with Crippen LogP contribution >= 0.6 is 0 Å². The first kappa shape index (κ1) is 14.7. The molecule has 0 saturated carbocycles. The maximum Gasteiger partial charge on any atom is 0.337 e. The van der Waals surface area contributed by atoms with E-state index in [4.69, 9.17) is 5.11 Å². The van der Waals surface area contributed by atoms with Crippen LogP contribution in [-0.2, 0) is 6.61 Å². The van der Waals surface area contributed by atoms with Crippen molar-refractivity contribution in [2.24, 2.45) is 0 Å². The summed E-state index contributed by atoms with van der Waals surface area (Å²) in [7, 11) is 0. The summed E-state index contributed by atoms with van der Waals surface area (Å²) in [5.41, 5.74) is 1.07. The second-order valence-electron chi connectivity index (χ2n) is 4.85. The summed E-state index contributed by atoms with van der Waals surface area (Å²) in [5.74, 6) is -1.12. The monoisotopic (exact) mass is 311 g/mol. The average molecular weight is 311 g/mol. The Balaban J connectivity index is 2.15. The van der Waals surface area contributed by atoms with Crippen molar-refractivity contribution in [2.45, 2.75) is 6.61 Å². The molecule has 1 aromatic carbocycles. The Labute approximate surface area is 130 Å². The molecule has 0 aliphatic carbocycles. The van der Waals surface area contributed by atoms with Gasteiger partial charge in [0.2, 0.25) is 0 Å². The molecule has 116 valence electrons. The Morgan fingerprint density at radius 1 is 1.22 bits per heavy atom. The molecule has 0 radical (unpaired) electrons. The molecule has 7 heteroatoms. The van der Waals surface area contributed by atoms with Gasteiger partial charge in [0.25, 0.3) is 5.56 Å². The van der Waals surface area contributed by atoms with Gasteiger partial charge >= 0.3 is 5.97 Å². The van der Waals surface area contributed by atoms with E-state index < -0.39 is 5.97 Å². The number of rotatable bonds is 4. The number of nitrogens with zero attached hydrogens (tertiary/aromatic N) is 3. The summed E-state index contributed by atoms with van der Waals surface area (Å²) in [6, 6.07) is 9.39. The minimum absolute atomic E-state index is 0.0279. The topological polar surface area (TPSA) is 97.3 Å². The molecule has 0 fully saturated rings. The standard InChI is InChI=1S/C16H13N3O4/c20-9-11-8-18(10-17-11)14-5-4-12(7-13(14)16(22)23)19-6-2-1-3-15(19)21/h1-8,10,20H,9H2,(H,22,23). The van der Waals surface area contributed by atoms with Crippen molar-refractivity contribution < 1.29 is 15.0 Å². The lowest BCUT2D eigenvalue weighted by Gasteiger charge is -2.11. The molecule has 7 nitrogen and oxygen atoms in total. The molecule has 2 aromatic heterocycles. The first-order valence-corrected chi connectivity index (χ1v) is 6.79. The lowest BCUT2D eigenvalue weighted by atomic mass is 10.1. The second kappa shape index (κ2) is 5.90. The van der Waals surface area contributed by atoms with E-state index in [1.165, 1.54) is 27.6 Å². The Kier molecular flexibility index (Phi) is 3.78. The quantitative estimate of drug-likeness (QED) is 0.755. The summed E-state index contributed by atoms with van der Waals surface area (Å²) >= 11 is 0. The zero-order chi connectivity index (χ0) is 16.4. The molecular weight excluding hydrogens is 298 g/mol. The largest absolute Gasteiger partial charge is 0.478 e. The second-order valence-corrected chi connectivity index (χ2v) is 4.85. The van der Waals surface area contributed by atoms with Gasteiger partial charge in [-0.05, 0) is 24.3 Å². The summed E-state index contributed by atoms with van der Waals surface area (Å²) in [6.07, 6.45) is 4.56. The first-order chi connectivity index (χ1) is 11.1. The number of carboxylic acid groups (broad SMARTS) is 1. The minimum Gasteiger partial charge on any atom is -0.478 e. The molecule has 0 aliphatic heterocycles. The van der Waals surface area contributed by atoms with Crippen molar-refractivity contribution >= 4 is 5.97 Å². The van der Waals surface area contributed by atoms with Crippen LogP contribution in [-0.4, -0.2) is 30.3 Å². The Bertz CT molecular complexity index is 927. The molecule has 0 bridgehead atoms. The number of carbonyl (C=O) groups is 1. The van der Waals surface area contributed by atoms with Gasteiger partial charge < -0.3 is 14.8 Å². The van der Waals surface area contributed by atoms with Crippen LogP contribution in [0.1, 0.15) is 16.1 Å². The molecule has 0 unspecified atom stereocenters. The predicted molar refractivity (Wildman–Crippen MR) is 82.0 cm³/mol. The summed E-state index contributed by atoms with van der Waals surface area (Å²) in [6.45, 7) is -0.229. The molecule has 3 aromatic rings. The fraction of sp³-hybridized carbons (Fsp3) is 0.0625. The van der Waals surface area contributed by atoms with E-state index in [9.17, 15) is 14.7 Å². The number of hydrogen-bond acceptors (Lipinski definition) is 4. The van der Waals surface area contributed by atoms with Crippen LogP contribution in [0.15, 0.2) is 59.9 Å². The molecule has 0 atom stereocenters. The normalized spacial score (nSPS) is 10.7. The highest BCUT2D eigenvalue weighted by Crippen LogP contribution is 2.19. The van der Waals surface area contributed by atoms with E-state index in [0.29, 0.717) is 17.1 Å². The number of aliphatic hydroxyl groups is 1. The van der Waals surface area contributed by atoms with Gasteiger partial charge in [0.1, 0.15) is 0 Å². The Morgan fingerprint density at radius 3 is 2.70 bits per heavy atom. The zero-order valence-corrected chi connectivity index (χ0v) is 12.0. The van der Waals surface area contributed by atoms with Crippen LogP contribution < -0.4 is 5.56 Å². The molecule has 3 rings (SSSR count). The summed E-state index contributed by atoms with van der Waals surface area (Å²) < 4.78 is 2.88. The van der Waals surface area contributed by atoms with Gasteiger partial charge in [0.05, 0.1) is 29.9 Å². The van der Waals surface area contributed by atoms with Crippen molar-refractivity contribution in [2.75, 3.05) is 0 Å². The smallest absolute Gasteiger partial charge is 0.337 e. The molecule has 0 spiro atoms. The van der Waals surface area contributed by atoms with Crippen molar-refractivity contribution in [3.05, 3.63) is 76.7 Å². The maximum absolute atomic E-state index is 11.9. The summed E-state index contributed by atoms with van der Waals surface area (Å²) in [4.78, 5) is 27.4. The highest BCUT2D eigenvalue weighted by atomic mass is 16.4. The Morgan fingerprint density at radius 2 is 2.04 bits per heavy atom. The molecule has 23 heavy (non-hydrogen) atoms. The van der Waals surface area contributed by atoms with E-state index in [-0.39, 0.29) is 17.7 Å². The van der Waals surface area contributed by atoms with Crippen LogP contribution in [0, 0.1) is 0 Å². The number of benzene rings is 1. The van der Waals surface area contributed by atoms with Gasteiger partial charge in [-0.3, -0.25) is 9.36 Å². The number of aromatic carboxylic acids is 1. The fourth-order valence-electron chi connectivity index (χ4n) is 2.29. The average Bonchev–Trinajstić information content (AvgIpc) is 3.03. The number of aromatic nitrogens is 3. The van der Waals surface area contributed by atoms with E-state index >= 15 is 0 Å². The molecule has 0 saturated heterocycles. The molecular formula is C16H13N3O4. The lowest BCUT2D eigenvalue weighted by molar-refractivity contribution is 0.0697. The van der Waals surface area contributed by atoms with Crippen molar-refractivity contribution in [3.8, 4) is 11.4 Å². The maximum atomic E-state index is 11.9. The SMILES string of the molecule is O=C(O)c1cc(-n2ccccc2=O)ccc1-n1cnc(CO)c1. The van der Waals surface area contributed by atoms with Crippen LogP contribution in [0.5, 0.6) is 0 Å². The molecule has 2 N–H and O–H groups in total. The van der Waals surface area contributed by atoms with Gasteiger partial charge in [0.15, 0.2) is 0 Å². The highest BCUT2D eigenvalue weighted by molar-refractivity contribution is 5.92. The van der Waals surface area contributed by atoms with E-state index in [2.05, 4.69) is 4.98 Å². The van der Waals surface area contributed by atoms with Crippen LogP contribution in [0.4, 0.5) is 0 Å². The lowest BCUT2D eigenvalue weighted by Crippen LogP contribution is -2.16. The third-order valence-corrected chi connectivity index (χ3v) is 3.39. The number of carboxylic acids is 1. The first-order valence-electron chi connectivity index (χ1n) is 6.79. The third-order valence-electron chi connectivity index (χ3n) is 3.39. The van der Waals surface area contributed by atoms with E-state index in [0.717, 1.165) is 0 Å². The summed E-state index contributed by atoms with van der Waals surface area (Å²) in [5, 5.41) is 18.5. The molecule has 0 amide bonds. The molecule has 0 aliphatic rings. The Hall–Kier alpha value is -3.19. The predicted octanol–water partition coefficient (Wildman–Crippen LogP) is 1.21. The van der Waals surface area contributed by atoms with Crippen molar-refractivity contribution in [1.82, 2.24) is 14.1 Å². The van der Waals surface area contributed by atoms with Gasteiger partial charge in [-0.15, -0.1) is 0 Å². The van der Waals surface area contributed by atoms with Crippen LogP contribution in [0.25, 0.3) is 11.4 Å².